The molecule has 7 nitrogen and oxygen atoms in total. The van der Waals surface area contributed by atoms with E-state index < -0.39 is 10.0 Å². The normalized spacial score (nSPS) is 18.4. The summed E-state index contributed by atoms with van der Waals surface area (Å²) in [6, 6.07) is 7.65. The highest BCUT2D eigenvalue weighted by molar-refractivity contribution is 7.89. The Balaban J connectivity index is 2.10. The molecule has 8 heteroatoms. The van der Waals surface area contributed by atoms with Gasteiger partial charge in [0.05, 0.1) is 12.5 Å². The summed E-state index contributed by atoms with van der Waals surface area (Å²) < 4.78 is 29.9. The van der Waals surface area contributed by atoms with E-state index in [0.29, 0.717) is 18.9 Å². The van der Waals surface area contributed by atoms with Crippen molar-refractivity contribution < 1.29 is 13.2 Å². The highest BCUT2D eigenvalue weighted by Gasteiger charge is 2.29. The smallest absolute Gasteiger partial charge is 0.273 e. The van der Waals surface area contributed by atoms with Crippen LogP contribution in [0.1, 0.15) is 23.7 Å². The van der Waals surface area contributed by atoms with Crippen LogP contribution < -0.4 is 9.88 Å². The van der Waals surface area contributed by atoms with Crippen LogP contribution in [0.4, 0.5) is 0 Å². The van der Waals surface area contributed by atoms with Gasteiger partial charge in [0.15, 0.2) is 0 Å². The third kappa shape index (κ3) is 2.06. The quantitative estimate of drug-likeness (QED) is 0.863. The van der Waals surface area contributed by atoms with Crippen molar-refractivity contribution in [2.75, 3.05) is 6.61 Å². The first-order valence-corrected chi connectivity index (χ1v) is 7.67. The van der Waals surface area contributed by atoms with Crippen molar-refractivity contribution in [1.29, 1.82) is 0 Å². The maximum absolute atomic E-state index is 11.4. The molecule has 20 heavy (non-hydrogen) atoms. The highest BCUT2D eigenvalue weighted by Crippen LogP contribution is 2.37. The third-order valence-corrected chi connectivity index (χ3v) is 4.26. The Morgan fingerprint density at radius 1 is 1.35 bits per heavy atom. The number of primary sulfonamides is 1. The lowest BCUT2D eigenvalue weighted by Gasteiger charge is -2.25. The van der Waals surface area contributed by atoms with Gasteiger partial charge in [0.2, 0.25) is 0 Å². The molecule has 2 N–H and O–H groups in total. The number of hydrogen-bond donors (Lipinski definition) is 1. The van der Waals surface area contributed by atoms with Gasteiger partial charge in [0, 0.05) is 12.6 Å². The fraction of sp³-hybridized carbons (Fsp3) is 0.333. The fourth-order valence-corrected chi connectivity index (χ4v) is 3.12. The lowest BCUT2D eigenvalue weighted by molar-refractivity contribution is 0.273. The van der Waals surface area contributed by atoms with Crippen molar-refractivity contribution in [1.82, 2.24) is 14.8 Å². The minimum Gasteiger partial charge on any atom is -0.493 e. The van der Waals surface area contributed by atoms with Crippen LogP contribution in [0.2, 0.25) is 0 Å². The van der Waals surface area contributed by atoms with E-state index in [4.69, 9.17) is 9.88 Å². The van der Waals surface area contributed by atoms with E-state index >= 15 is 0 Å². The third-order valence-electron chi connectivity index (χ3n) is 3.39. The second-order valence-corrected chi connectivity index (χ2v) is 6.13. The number of nitrogens with two attached hydrogens (primary N) is 1. The van der Waals surface area contributed by atoms with Crippen LogP contribution in [0.15, 0.2) is 29.4 Å². The molecule has 1 unspecified atom stereocenters. The molecule has 3 rings (SSSR count). The Morgan fingerprint density at radius 2 is 2.10 bits per heavy atom. The molecule has 0 radical (unpaired) electrons. The fourth-order valence-electron chi connectivity index (χ4n) is 2.49. The van der Waals surface area contributed by atoms with E-state index in [9.17, 15) is 8.42 Å². The molecule has 1 aliphatic rings. The van der Waals surface area contributed by atoms with Gasteiger partial charge in [-0.05, 0) is 12.5 Å². The zero-order chi connectivity index (χ0) is 14.3. The number of para-hydroxylation sites is 1. The summed E-state index contributed by atoms with van der Waals surface area (Å²) >= 11 is 0. The zero-order valence-corrected chi connectivity index (χ0v) is 11.7. The second-order valence-electron chi connectivity index (χ2n) is 4.67. The van der Waals surface area contributed by atoms with Gasteiger partial charge in [-0.1, -0.05) is 18.2 Å². The van der Waals surface area contributed by atoms with Crippen LogP contribution in [0.3, 0.4) is 0 Å². The SMILES string of the molecule is Cn1c(C2CCOc3ccccc32)nnc1S(N)(=O)=O. The maximum atomic E-state index is 11.4. The van der Waals surface area contributed by atoms with Crippen molar-refractivity contribution >= 4 is 10.0 Å². The lowest BCUT2D eigenvalue weighted by Crippen LogP contribution is -2.21. The van der Waals surface area contributed by atoms with Crippen molar-refractivity contribution in [2.45, 2.75) is 17.5 Å². The van der Waals surface area contributed by atoms with Crippen LogP contribution in [-0.4, -0.2) is 29.8 Å². The predicted octanol–water partition coefficient (Wildman–Crippen LogP) is 0.377. The van der Waals surface area contributed by atoms with Gasteiger partial charge in [-0.15, -0.1) is 10.2 Å². The van der Waals surface area contributed by atoms with E-state index in [0.717, 1.165) is 11.3 Å². The molecule has 106 valence electrons. The Hall–Kier alpha value is -1.93. The minimum absolute atomic E-state index is 0.0482. The molecule has 2 heterocycles. The average molecular weight is 294 g/mol. The molecule has 0 bridgehead atoms. The topological polar surface area (TPSA) is 100 Å². The van der Waals surface area contributed by atoms with Gasteiger partial charge in [-0.3, -0.25) is 0 Å². The van der Waals surface area contributed by atoms with Gasteiger partial charge >= 0.3 is 0 Å². The first-order valence-electron chi connectivity index (χ1n) is 6.12. The first-order chi connectivity index (χ1) is 9.48. The average Bonchev–Trinajstić information content (AvgIpc) is 2.80. The zero-order valence-electron chi connectivity index (χ0n) is 10.9. The molecule has 0 spiro atoms. The molecule has 2 aromatic rings. The Morgan fingerprint density at radius 3 is 2.80 bits per heavy atom. The Bertz CT molecular complexity index is 754. The van der Waals surface area contributed by atoms with E-state index in [1.165, 1.54) is 4.57 Å². The summed E-state index contributed by atoms with van der Waals surface area (Å²) in [7, 11) is -2.27. The summed E-state index contributed by atoms with van der Waals surface area (Å²) in [5.41, 5.74) is 0.982. The summed E-state index contributed by atoms with van der Waals surface area (Å²) in [6.07, 6.45) is 0.716. The van der Waals surface area contributed by atoms with Crippen molar-refractivity contribution in [3.8, 4) is 5.75 Å². The van der Waals surface area contributed by atoms with E-state index in [1.807, 2.05) is 24.3 Å². The Labute approximate surface area is 116 Å². The molecule has 0 saturated heterocycles. The molecule has 1 aromatic carbocycles. The van der Waals surface area contributed by atoms with E-state index in [1.54, 1.807) is 7.05 Å². The van der Waals surface area contributed by atoms with Gasteiger partial charge in [0.1, 0.15) is 11.6 Å². The molecule has 0 saturated carbocycles. The van der Waals surface area contributed by atoms with Gasteiger partial charge < -0.3 is 9.30 Å². The number of ether oxygens (including phenoxy) is 1. The Kier molecular flexibility index (Phi) is 2.98. The van der Waals surface area contributed by atoms with Crippen molar-refractivity contribution in [3.05, 3.63) is 35.7 Å². The van der Waals surface area contributed by atoms with Crippen molar-refractivity contribution in [2.24, 2.45) is 12.2 Å². The molecule has 1 aromatic heterocycles. The van der Waals surface area contributed by atoms with Crippen LogP contribution in [0, 0.1) is 0 Å². The van der Waals surface area contributed by atoms with Gasteiger partial charge in [-0.2, -0.15) is 0 Å². The summed E-state index contributed by atoms with van der Waals surface area (Å²) in [6.45, 7) is 0.555. The largest absolute Gasteiger partial charge is 0.493 e. The van der Waals surface area contributed by atoms with Gasteiger partial charge in [0.25, 0.3) is 15.2 Å². The van der Waals surface area contributed by atoms with Crippen LogP contribution in [0.25, 0.3) is 0 Å². The predicted molar refractivity (Wildman–Crippen MR) is 70.8 cm³/mol. The number of sulfonamides is 1. The number of benzene rings is 1. The second kappa shape index (κ2) is 4.57. The van der Waals surface area contributed by atoms with Gasteiger partial charge in [-0.25, -0.2) is 13.6 Å². The van der Waals surface area contributed by atoms with E-state index in [-0.39, 0.29) is 11.1 Å². The van der Waals surface area contributed by atoms with E-state index in [2.05, 4.69) is 10.2 Å². The standard InChI is InChI=1S/C12H14N4O3S/c1-16-11(14-15-12(16)20(13,17)18)9-6-7-19-10-5-3-2-4-8(9)10/h2-5,9H,6-7H2,1H3,(H2,13,17,18). The summed E-state index contributed by atoms with van der Waals surface area (Å²) in [5.74, 6) is 1.32. The monoisotopic (exact) mass is 294 g/mol. The number of nitrogens with zero attached hydrogens (tertiary/aromatic N) is 3. The minimum atomic E-state index is -3.87. The van der Waals surface area contributed by atoms with Crippen molar-refractivity contribution in [3.63, 3.8) is 0 Å². The highest BCUT2D eigenvalue weighted by atomic mass is 32.2. The number of fused-ring (bicyclic) bond motifs is 1. The molecule has 1 atom stereocenters. The molecular weight excluding hydrogens is 280 g/mol. The number of hydrogen-bond acceptors (Lipinski definition) is 5. The first kappa shape index (κ1) is 13.1. The summed E-state index contributed by atoms with van der Waals surface area (Å²) in [4.78, 5) is 0. The molecular formula is C12H14N4O3S. The summed E-state index contributed by atoms with van der Waals surface area (Å²) in [5, 5.41) is 12.6. The molecule has 1 aliphatic heterocycles. The lowest BCUT2D eigenvalue weighted by atomic mass is 9.92. The van der Waals surface area contributed by atoms with Crippen LogP contribution in [-0.2, 0) is 17.1 Å². The van der Waals surface area contributed by atoms with Crippen LogP contribution in [0.5, 0.6) is 5.75 Å². The number of rotatable bonds is 2. The molecule has 0 amide bonds. The number of aromatic nitrogens is 3. The van der Waals surface area contributed by atoms with Crippen LogP contribution >= 0.6 is 0 Å². The maximum Gasteiger partial charge on any atom is 0.273 e. The molecule has 0 fully saturated rings. The molecule has 0 aliphatic carbocycles.